The van der Waals surface area contributed by atoms with Gasteiger partial charge in [-0.25, -0.2) is 0 Å². The van der Waals surface area contributed by atoms with E-state index in [2.05, 4.69) is 20.3 Å². The lowest BCUT2D eigenvalue weighted by atomic mass is 9.99. The second-order valence-corrected chi connectivity index (χ2v) is 4.72. The summed E-state index contributed by atoms with van der Waals surface area (Å²) < 4.78 is 0. The molecule has 0 radical (unpaired) electrons. The fraction of sp³-hybridized carbons (Fsp3) is 0.133. The number of rotatable bonds is 3. The Morgan fingerprint density at radius 2 is 1.62 bits per heavy atom. The van der Waals surface area contributed by atoms with Gasteiger partial charge in [-0.05, 0) is 42.4 Å². The van der Waals surface area contributed by atoms with Crippen molar-refractivity contribution in [1.29, 1.82) is 0 Å². The molecule has 0 bridgehead atoms. The SMILES string of the molecule is CNC(c1ccncc1)c1ccc2[nH]c(=O)c(=O)[nH]c2c1. The highest BCUT2D eigenvalue weighted by Gasteiger charge is 2.12. The number of benzene rings is 1. The summed E-state index contributed by atoms with van der Waals surface area (Å²) in [6, 6.07) is 9.40. The third-order valence-corrected chi connectivity index (χ3v) is 3.41. The van der Waals surface area contributed by atoms with Crippen LogP contribution in [0.2, 0.25) is 0 Å². The van der Waals surface area contributed by atoms with Crippen LogP contribution in [-0.4, -0.2) is 22.0 Å². The molecular weight excluding hydrogens is 268 g/mol. The summed E-state index contributed by atoms with van der Waals surface area (Å²) in [7, 11) is 1.87. The molecule has 6 nitrogen and oxygen atoms in total. The van der Waals surface area contributed by atoms with Crippen molar-refractivity contribution < 1.29 is 0 Å². The second kappa shape index (κ2) is 5.34. The largest absolute Gasteiger partial charge is 0.316 e. The van der Waals surface area contributed by atoms with Gasteiger partial charge in [0.15, 0.2) is 0 Å². The van der Waals surface area contributed by atoms with Gasteiger partial charge in [0.25, 0.3) is 0 Å². The quantitative estimate of drug-likeness (QED) is 0.623. The molecule has 3 N–H and O–H groups in total. The fourth-order valence-corrected chi connectivity index (χ4v) is 2.39. The zero-order valence-electron chi connectivity index (χ0n) is 11.4. The van der Waals surface area contributed by atoms with Crippen LogP contribution in [0.1, 0.15) is 17.2 Å². The zero-order valence-corrected chi connectivity index (χ0v) is 11.4. The molecule has 21 heavy (non-hydrogen) atoms. The van der Waals surface area contributed by atoms with Crippen LogP contribution in [0.4, 0.5) is 0 Å². The molecule has 0 aliphatic heterocycles. The van der Waals surface area contributed by atoms with E-state index in [9.17, 15) is 9.59 Å². The minimum absolute atomic E-state index is 0.0205. The van der Waals surface area contributed by atoms with Crippen LogP contribution in [0, 0.1) is 0 Å². The highest BCUT2D eigenvalue weighted by molar-refractivity contribution is 5.74. The lowest BCUT2D eigenvalue weighted by molar-refractivity contribution is 0.691. The number of pyridine rings is 1. The fourth-order valence-electron chi connectivity index (χ4n) is 2.39. The molecule has 2 heterocycles. The predicted octanol–water partition coefficient (Wildman–Crippen LogP) is 0.920. The van der Waals surface area contributed by atoms with E-state index in [0.29, 0.717) is 11.0 Å². The highest BCUT2D eigenvalue weighted by atomic mass is 16.2. The topological polar surface area (TPSA) is 90.6 Å². The molecule has 0 saturated carbocycles. The average Bonchev–Trinajstić information content (AvgIpc) is 2.50. The Bertz CT molecular complexity index is 883. The molecule has 0 amide bonds. The van der Waals surface area contributed by atoms with Gasteiger partial charge in [-0.1, -0.05) is 6.07 Å². The van der Waals surface area contributed by atoms with Crippen LogP contribution in [0.15, 0.2) is 52.3 Å². The van der Waals surface area contributed by atoms with Gasteiger partial charge in [-0.2, -0.15) is 0 Å². The first kappa shape index (κ1) is 13.3. The summed E-state index contributed by atoms with van der Waals surface area (Å²) in [6.45, 7) is 0. The molecule has 1 aromatic carbocycles. The Morgan fingerprint density at radius 1 is 0.952 bits per heavy atom. The Hall–Kier alpha value is -2.73. The first-order valence-electron chi connectivity index (χ1n) is 6.52. The number of fused-ring (bicyclic) bond motifs is 1. The normalized spacial score (nSPS) is 12.4. The maximum Gasteiger partial charge on any atom is 0.314 e. The Morgan fingerprint density at radius 3 is 2.29 bits per heavy atom. The van der Waals surface area contributed by atoms with Crippen molar-refractivity contribution in [3.05, 3.63) is 74.6 Å². The van der Waals surface area contributed by atoms with E-state index in [1.165, 1.54) is 0 Å². The maximum atomic E-state index is 11.4. The van der Waals surface area contributed by atoms with E-state index in [1.807, 2.05) is 31.3 Å². The molecule has 3 aromatic rings. The number of nitrogens with zero attached hydrogens (tertiary/aromatic N) is 1. The molecule has 6 heteroatoms. The van der Waals surface area contributed by atoms with Crippen molar-refractivity contribution in [3.63, 3.8) is 0 Å². The number of aromatic nitrogens is 3. The molecule has 1 unspecified atom stereocenters. The van der Waals surface area contributed by atoms with E-state index in [4.69, 9.17) is 0 Å². The first-order valence-corrected chi connectivity index (χ1v) is 6.52. The minimum Gasteiger partial charge on any atom is -0.316 e. The van der Waals surface area contributed by atoms with Crippen molar-refractivity contribution in [2.75, 3.05) is 7.05 Å². The van der Waals surface area contributed by atoms with Gasteiger partial charge in [-0.3, -0.25) is 14.6 Å². The van der Waals surface area contributed by atoms with Crippen LogP contribution in [-0.2, 0) is 0 Å². The number of H-pyrrole nitrogens is 2. The molecule has 3 rings (SSSR count). The lowest BCUT2D eigenvalue weighted by Gasteiger charge is -2.17. The van der Waals surface area contributed by atoms with E-state index < -0.39 is 11.1 Å². The average molecular weight is 282 g/mol. The van der Waals surface area contributed by atoms with E-state index in [0.717, 1.165) is 11.1 Å². The van der Waals surface area contributed by atoms with E-state index >= 15 is 0 Å². The summed E-state index contributed by atoms with van der Waals surface area (Å²) in [6.07, 6.45) is 3.47. The highest BCUT2D eigenvalue weighted by Crippen LogP contribution is 2.22. The Balaban J connectivity index is 2.13. The van der Waals surface area contributed by atoms with Crippen LogP contribution >= 0.6 is 0 Å². The van der Waals surface area contributed by atoms with Crippen LogP contribution in [0.25, 0.3) is 11.0 Å². The third-order valence-electron chi connectivity index (χ3n) is 3.41. The summed E-state index contributed by atoms with van der Waals surface area (Å²) in [5.74, 6) is 0. The number of hydrogen-bond acceptors (Lipinski definition) is 4. The predicted molar refractivity (Wildman–Crippen MR) is 80.3 cm³/mol. The molecule has 106 valence electrons. The summed E-state index contributed by atoms with van der Waals surface area (Å²) >= 11 is 0. The molecule has 0 saturated heterocycles. The van der Waals surface area contributed by atoms with Gasteiger partial charge in [0.05, 0.1) is 17.1 Å². The van der Waals surface area contributed by atoms with Gasteiger partial charge >= 0.3 is 11.1 Å². The molecule has 1 atom stereocenters. The van der Waals surface area contributed by atoms with E-state index in [-0.39, 0.29) is 6.04 Å². The Kier molecular flexibility index (Phi) is 3.37. The monoisotopic (exact) mass is 282 g/mol. The van der Waals surface area contributed by atoms with Gasteiger partial charge in [0, 0.05) is 12.4 Å². The first-order chi connectivity index (χ1) is 10.2. The summed E-state index contributed by atoms with van der Waals surface area (Å²) in [5, 5.41) is 3.23. The van der Waals surface area contributed by atoms with Gasteiger partial charge in [0.2, 0.25) is 0 Å². The standard InChI is InChI=1S/C15H14N4O2/c1-16-13(9-4-6-17-7-5-9)10-2-3-11-12(8-10)19-15(21)14(20)18-11/h2-8,13,16H,1H3,(H,18,20)(H,19,21). The van der Waals surface area contributed by atoms with Gasteiger partial charge in [0.1, 0.15) is 0 Å². The van der Waals surface area contributed by atoms with Crippen LogP contribution in [0.5, 0.6) is 0 Å². The zero-order chi connectivity index (χ0) is 14.8. The molecule has 0 spiro atoms. The summed E-state index contributed by atoms with van der Waals surface area (Å²) in [4.78, 5) is 31.9. The number of nitrogens with one attached hydrogen (secondary N) is 3. The summed E-state index contributed by atoms with van der Waals surface area (Å²) in [5.41, 5.74) is 1.97. The van der Waals surface area contributed by atoms with Crippen LogP contribution in [0.3, 0.4) is 0 Å². The smallest absolute Gasteiger partial charge is 0.314 e. The molecule has 0 aliphatic rings. The van der Waals surface area contributed by atoms with Gasteiger partial charge in [-0.15, -0.1) is 0 Å². The minimum atomic E-state index is -0.649. The van der Waals surface area contributed by atoms with Crippen molar-refractivity contribution in [3.8, 4) is 0 Å². The van der Waals surface area contributed by atoms with Crippen molar-refractivity contribution >= 4 is 11.0 Å². The second-order valence-electron chi connectivity index (χ2n) is 4.72. The third kappa shape index (κ3) is 2.48. The maximum absolute atomic E-state index is 11.4. The molecule has 0 aliphatic carbocycles. The van der Waals surface area contributed by atoms with Crippen molar-refractivity contribution in [1.82, 2.24) is 20.3 Å². The molecule has 2 aromatic heterocycles. The van der Waals surface area contributed by atoms with Crippen molar-refractivity contribution in [2.24, 2.45) is 0 Å². The molecular formula is C15H14N4O2. The molecule has 0 fully saturated rings. The number of aromatic amines is 2. The van der Waals surface area contributed by atoms with Gasteiger partial charge < -0.3 is 15.3 Å². The van der Waals surface area contributed by atoms with E-state index in [1.54, 1.807) is 18.5 Å². The van der Waals surface area contributed by atoms with Crippen LogP contribution < -0.4 is 16.4 Å². The lowest BCUT2D eigenvalue weighted by Crippen LogP contribution is -2.29. The van der Waals surface area contributed by atoms with Crippen molar-refractivity contribution in [2.45, 2.75) is 6.04 Å². The Labute approximate surface area is 119 Å². The number of hydrogen-bond donors (Lipinski definition) is 3.